The molecule has 1 saturated heterocycles. The molecule has 1 fully saturated rings. The first-order valence-electron chi connectivity index (χ1n) is 10.5. The van der Waals surface area contributed by atoms with Crippen LogP contribution in [-0.4, -0.2) is 44.2 Å². The predicted molar refractivity (Wildman–Crippen MR) is 118 cm³/mol. The highest BCUT2D eigenvalue weighted by Crippen LogP contribution is 2.38. The molecular formula is C24H29NO5S. The van der Waals surface area contributed by atoms with Gasteiger partial charge in [-0.05, 0) is 63.3 Å². The fourth-order valence-electron chi connectivity index (χ4n) is 4.15. The molecule has 0 bridgehead atoms. The van der Waals surface area contributed by atoms with Crippen LogP contribution >= 0.6 is 0 Å². The average Bonchev–Trinajstić information content (AvgIpc) is 2.76. The zero-order chi connectivity index (χ0) is 22.6. The van der Waals surface area contributed by atoms with E-state index >= 15 is 0 Å². The number of piperidine rings is 1. The molecule has 0 radical (unpaired) electrons. The minimum atomic E-state index is -3.81. The van der Waals surface area contributed by atoms with Crippen LogP contribution in [0.4, 0.5) is 0 Å². The summed E-state index contributed by atoms with van der Waals surface area (Å²) in [6.07, 6.45) is 1.55. The number of benzene rings is 2. The third kappa shape index (κ3) is 4.88. The Labute approximate surface area is 184 Å². The van der Waals surface area contributed by atoms with Crippen molar-refractivity contribution in [1.82, 2.24) is 4.31 Å². The number of aryl methyl sites for hydroxylation is 1. The van der Waals surface area contributed by atoms with Crippen LogP contribution in [-0.2, 0) is 26.0 Å². The summed E-state index contributed by atoms with van der Waals surface area (Å²) < 4.78 is 33.5. The molecule has 2 aromatic rings. The fourth-order valence-corrected chi connectivity index (χ4v) is 5.71. The first kappa shape index (κ1) is 23.2. The second-order valence-electron chi connectivity index (χ2n) is 8.13. The van der Waals surface area contributed by atoms with Crippen molar-refractivity contribution in [2.75, 3.05) is 19.7 Å². The summed E-state index contributed by atoms with van der Waals surface area (Å²) in [6.45, 7) is 5.83. The molecule has 2 aromatic carbocycles. The van der Waals surface area contributed by atoms with Crippen LogP contribution in [0.1, 0.15) is 48.2 Å². The van der Waals surface area contributed by atoms with Gasteiger partial charge in [-0.3, -0.25) is 9.59 Å². The Morgan fingerprint density at radius 2 is 1.77 bits per heavy atom. The lowest BCUT2D eigenvalue weighted by Crippen LogP contribution is -2.51. The van der Waals surface area contributed by atoms with E-state index in [1.54, 1.807) is 6.92 Å². The summed E-state index contributed by atoms with van der Waals surface area (Å²) in [7, 11) is -3.81. The lowest BCUT2D eigenvalue weighted by atomic mass is 9.75. The summed E-state index contributed by atoms with van der Waals surface area (Å²) in [6, 6.07) is 13.8. The van der Waals surface area contributed by atoms with Gasteiger partial charge in [0, 0.05) is 18.7 Å². The molecule has 0 amide bonds. The molecule has 0 aromatic heterocycles. The number of carbonyl (C=O) groups excluding carboxylic acids is 2. The van der Waals surface area contributed by atoms with E-state index in [2.05, 4.69) is 0 Å². The van der Waals surface area contributed by atoms with Gasteiger partial charge in [0.2, 0.25) is 10.0 Å². The number of hydrogen-bond donors (Lipinski definition) is 0. The van der Waals surface area contributed by atoms with Gasteiger partial charge in [-0.1, -0.05) is 36.4 Å². The van der Waals surface area contributed by atoms with E-state index in [0.29, 0.717) is 31.4 Å². The standard InChI is InChI=1S/C24H29NO5S/c1-4-30-23(27)24(16-21-9-6-5-8-18(21)2)14-7-15-25(17-24)31(28,29)22-12-10-20(11-13-22)19(3)26/h5-6,8-13H,4,7,14-17H2,1-3H3. The molecule has 6 nitrogen and oxygen atoms in total. The van der Waals surface area contributed by atoms with Crippen molar-refractivity contribution in [3.05, 3.63) is 65.2 Å². The van der Waals surface area contributed by atoms with Crippen molar-refractivity contribution in [2.45, 2.75) is 44.9 Å². The molecular weight excluding hydrogens is 414 g/mol. The topological polar surface area (TPSA) is 80.8 Å². The molecule has 0 N–H and O–H groups in total. The van der Waals surface area contributed by atoms with Gasteiger partial charge in [0.1, 0.15) is 0 Å². The zero-order valence-corrected chi connectivity index (χ0v) is 19.1. The maximum absolute atomic E-state index is 13.3. The SMILES string of the molecule is CCOC(=O)C1(Cc2ccccc2C)CCCN(S(=O)(=O)c2ccc(C(C)=O)cc2)C1. The molecule has 1 aliphatic heterocycles. The maximum Gasteiger partial charge on any atom is 0.313 e. The monoisotopic (exact) mass is 443 g/mol. The summed E-state index contributed by atoms with van der Waals surface area (Å²) >= 11 is 0. The summed E-state index contributed by atoms with van der Waals surface area (Å²) in [5.41, 5.74) is 1.59. The largest absolute Gasteiger partial charge is 0.466 e. The Bertz CT molecular complexity index is 1060. The van der Waals surface area contributed by atoms with Gasteiger partial charge in [-0.15, -0.1) is 0 Å². The lowest BCUT2D eigenvalue weighted by Gasteiger charge is -2.40. The van der Waals surface area contributed by atoms with Gasteiger partial charge in [-0.2, -0.15) is 4.31 Å². The summed E-state index contributed by atoms with van der Waals surface area (Å²) in [4.78, 5) is 24.7. The number of rotatable bonds is 7. The molecule has 1 atom stereocenters. The molecule has 1 unspecified atom stereocenters. The first-order valence-corrected chi connectivity index (χ1v) is 12.0. The van der Waals surface area contributed by atoms with Crippen LogP contribution in [0, 0.1) is 12.3 Å². The molecule has 7 heteroatoms. The van der Waals surface area contributed by atoms with Gasteiger partial charge in [0.25, 0.3) is 0 Å². The van der Waals surface area contributed by atoms with Crippen molar-refractivity contribution in [1.29, 1.82) is 0 Å². The highest BCUT2D eigenvalue weighted by atomic mass is 32.2. The first-order chi connectivity index (χ1) is 14.7. The number of ether oxygens (including phenoxy) is 1. The number of nitrogens with zero attached hydrogens (tertiary/aromatic N) is 1. The smallest absolute Gasteiger partial charge is 0.313 e. The van der Waals surface area contributed by atoms with Crippen LogP contribution in [0.25, 0.3) is 0 Å². The van der Waals surface area contributed by atoms with Crippen LogP contribution < -0.4 is 0 Å². The quantitative estimate of drug-likeness (QED) is 0.481. The summed E-state index contributed by atoms with van der Waals surface area (Å²) in [5.74, 6) is -0.480. The van der Waals surface area contributed by atoms with Crippen LogP contribution in [0.3, 0.4) is 0 Å². The Morgan fingerprint density at radius 1 is 1.10 bits per heavy atom. The maximum atomic E-state index is 13.3. The van der Waals surface area contributed by atoms with Crippen LogP contribution in [0.15, 0.2) is 53.4 Å². The van der Waals surface area contributed by atoms with Gasteiger partial charge in [0.15, 0.2) is 5.78 Å². The van der Waals surface area contributed by atoms with E-state index in [1.807, 2.05) is 31.2 Å². The van der Waals surface area contributed by atoms with E-state index in [4.69, 9.17) is 4.74 Å². The zero-order valence-electron chi connectivity index (χ0n) is 18.3. The van der Waals surface area contributed by atoms with Crippen molar-refractivity contribution in [3.8, 4) is 0 Å². The number of ketones is 1. The van der Waals surface area contributed by atoms with Gasteiger partial charge in [0.05, 0.1) is 16.9 Å². The van der Waals surface area contributed by atoms with Crippen molar-refractivity contribution < 1.29 is 22.7 Å². The average molecular weight is 444 g/mol. The Morgan fingerprint density at radius 3 is 2.39 bits per heavy atom. The fraction of sp³-hybridized carbons (Fsp3) is 0.417. The molecule has 0 spiro atoms. The number of sulfonamides is 1. The lowest BCUT2D eigenvalue weighted by molar-refractivity contribution is -0.157. The number of hydrogen-bond acceptors (Lipinski definition) is 5. The molecule has 1 aliphatic rings. The number of esters is 1. The molecule has 166 valence electrons. The molecule has 1 heterocycles. The van der Waals surface area contributed by atoms with E-state index in [1.165, 1.54) is 35.5 Å². The summed E-state index contributed by atoms with van der Waals surface area (Å²) in [5, 5.41) is 0. The molecule has 31 heavy (non-hydrogen) atoms. The Kier molecular flexibility index (Phi) is 6.96. The Balaban J connectivity index is 1.95. The van der Waals surface area contributed by atoms with Crippen molar-refractivity contribution in [3.63, 3.8) is 0 Å². The highest BCUT2D eigenvalue weighted by Gasteiger charge is 2.46. The van der Waals surface area contributed by atoms with Gasteiger partial charge >= 0.3 is 5.97 Å². The number of Topliss-reactive ketones (excluding diaryl/α,β-unsaturated/α-hetero) is 1. The highest BCUT2D eigenvalue weighted by molar-refractivity contribution is 7.89. The van der Waals surface area contributed by atoms with Gasteiger partial charge < -0.3 is 4.74 Å². The van der Waals surface area contributed by atoms with Crippen LogP contribution in [0.5, 0.6) is 0 Å². The van der Waals surface area contributed by atoms with Crippen molar-refractivity contribution in [2.24, 2.45) is 5.41 Å². The normalized spacial score (nSPS) is 19.7. The minimum absolute atomic E-state index is 0.0664. The second kappa shape index (κ2) is 9.32. The van der Waals surface area contributed by atoms with Crippen molar-refractivity contribution >= 4 is 21.8 Å². The third-order valence-corrected chi connectivity index (χ3v) is 7.80. The predicted octanol–water partition coefficient (Wildman–Crippen LogP) is 3.77. The van der Waals surface area contributed by atoms with Crippen LogP contribution in [0.2, 0.25) is 0 Å². The Hall–Kier alpha value is -2.51. The van der Waals surface area contributed by atoms with E-state index in [-0.39, 0.29) is 29.8 Å². The van der Waals surface area contributed by atoms with E-state index < -0.39 is 15.4 Å². The third-order valence-electron chi connectivity index (χ3n) is 5.94. The minimum Gasteiger partial charge on any atom is -0.466 e. The molecule has 0 aliphatic carbocycles. The van der Waals surface area contributed by atoms with E-state index in [9.17, 15) is 18.0 Å². The van der Waals surface area contributed by atoms with Gasteiger partial charge in [-0.25, -0.2) is 8.42 Å². The second-order valence-corrected chi connectivity index (χ2v) is 10.1. The molecule has 0 saturated carbocycles. The van der Waals surface area contributed by atoms with E-state index in [0.717, 1.165) is 11.1 Å². The number of carbonyl (C=O) groups is 2. The molecule has 3 rings (SSSR count).